The van der Waals surface area contributed by atoms with E-state index in [-0.39, 0.29) is 10.6 Å². The van der Waals surface area contributed by atoms with E-state index in [1.165, 1.54) is 6.42 Å². The van der Waals surface area contributed by atoms with Gasteiger partial charge in [0.25, 0.3) is 5.69 Å². The van der Waals surface area contributed by atoms with Crippen LogP contribution in [0.1, 0.15) is 39.2 Å². The number of rotatable bonds is 6. The van der Waals surface area contributed by atoms with E-state index < -0.39 is 0 Å². The summed E-state index contributed by atoms with van der Waals surface area (Å²) in [6.07, 6.45) is 2.28. The molecular weight excluding hydrogens is 228 g/mol. The van der Waals surface area contributed by atoms with Gasteiger partial charge >= 0.3 is 0 Å². The van der Waals surface area contributed by atoms with E-state index in [0.29, 0.717) is 17.5 Å². The van der Waals surface area contributed by atoms with E-state index in [1.807, 2.05) is 6.07 Å². The largest absolute Gasteiger partial charge is 0.383 e. The molecule has 100 valence electrons. The average Bonchev–Trinajstić information content (AvgIpc) is 2.28. The molecule has 18 heavy (non-hydrogen) atoms. The summed E-state index contributed by atoms with van der Waals surface area (Å²) in [5.74, 6) is 0.687. The molecule has 0 saturated heterocycles. The highest BCUT2D eigenvalue weighted by Gasteiger charge is 2.12. The summed E-state index contributed by atoms with van der Waals surface area (Å²) in [6.45, 7) is 8.33. The van der Waals surface area contributed by atoms with E-state index in [0.717, 1.165) is 12.1 Å². The molecule has 0 aromatic heterocycles. The zero-order valence-corrected chi connectivity index (χ0v) is 11.6. The van der Waals surface area contributed by atoms with Crippen LogP contribution in [0.2, 0.25) is 0 Å². The molecule has 0 bridgehead atoms. The van der Waals surface area contributed by atoms with Crippen LogP contribution in [0.4, 0.5) is 11.4 Å². The first-order valence-corrected chi connectivity index (χ1v) is 6.45. The van der Waals surface area contributed by atoms with Gasteiger partial charge in [-0.3, -0.25) is 10.1 Å². The summed E-state index contributed by atoms with van der Waals surface area (Å²) in [7, 11) is 0. The van der Waals surface area contributed by atoms with Gasteiger partial charge in [-0.15, -0.1) is 0 Å². The molecule has 0 spiro atoms. The lowest BCUT2D eigenvalue weighted by Crippen LogP contribution is -2.18. The number of nitro groups is 1. The van der Waals surface area contributed by atoms with Crippen LogP contribution in [0, 0.1) is 23.0 Å². The van der Waals surface area contributed by atoms with Crippen LogP contribution in [-0.2, 0) is 0 Å². The first-order valence-electron chi connectivity index (χ1n) is 6.45. The van der Waals surface area contributed by atoms with E-state index in [1.54, 1.807) is 19.1 Å². The monoisotopic (exact) mass is 250 g/mol. The molecule has 0 aliphatic heterocycles. The normalized spacial score (nSPS) is 14.0. The lowest BCUT2D eigenvalue weighted by Gasteiger charge is -2.18. The van der Waals surface area contributed by atoms with Crippen LogP contribution in [0.25, 0.3) is 0 Å². The third-order valence-corrected chi connectivity index (χ3v) is 3.26. The van der Waals surface area contributed by atoms with Crippen molar-refractivity contribution in [3.05, 3.63) is 33.9 Å². The van der Waals surface area contributed by atoms with Gasteiger partial charge in [0.1, 0.15) is 0 Å². The van der Waals surface area contributed by atoms with Gasteiger partial charge in [-0.25, -0.2) is 0 Å². The van der Waals surface area contributed by atoms with Crippen LogP contribution in [-0.4, -0.2) is 11.0 Å². The first kappa shape index (κ1) is 14.5. The maximum absolute atomic E-state index is 10.7. The van der Waals surface area contributed by atoms with E-state index in [4.69, 9.17) is 0 Å². The van der Waals surface area contributed by atoms with Gasteiger partial charge in [-0.1, -0.05) is 20.3 Å². The van der Waals surface area contributed by atoms with Crippen LogP contribution in [0.15, 0.2) is 18.2 Å². The SMILES string of the molecule is CCC(C)CC(C)Nc1ccc([N+](=O)[O-])c(C)c1. The van der Waals surface area contributed by atoms with Crippen molar-refractivity contribution in [2.45, 2.75) is 46.6 Å². The summed E-state index contributed by atoms with van der Waals surface area (Å²) >= 11 is 0. The summed E-state index contributed by atoms with van der Waals surface area (Å²) in [4.78, 5) is 10.4. The zero-order chi connectivity index (χ0) is 13.7. The number of aryl methyl sites for hydroxylation is 1. The van der Waals surface area contributed by atoms with Crippen LogP contribution in [0.3, 0.4) is 0 Å². The molecular formula is C14H22N2O2. The van der Waals surface area contributed by atoms with Gasteiger partial charge in [0, 0.05) is 23.4 Å². The molecule has 4 nitrogen and oxygen atoms in total. The number of nitro benzene ring substituents is 1. The standard InChI is InChI=1S/C14H22N2O2/c1-5-10(2)8-12(4)15-13-6-7-14(16(17)18)11(3)9-13/h6-7,9-10,12,15H,5,8H2,1-4H3. The molecule has 0 aliphatic carbocycles. The van der Waals surface area contributed by atoms with Crippen molar-refractivity contribution in [1.29, 1.82) is 0 Å². The van der Waals surface area contributed by atoms with Gasteiger partial charge in [0.15, 0.2) is 0 Å². The molecule has 2 unspecified atom stereocenters. The van der Waals surface area contributed by atoms with Crippen LogP contribution < -0.4 is 5.32 Å². The maximum atomic E-state index is 10.7. The summed E-state index contributed by atoms with van der Waals surface area (Å²) in [6, 6.07) is 5.55. The number of hydrogen-bond donors (Lipinski definition) is 1. The minimum Gasteiger partial charge on any atom is -0.383 e. The lowest BCUT2D eigenvalue weighted by atomic mass is 10.00. The minimum atomic E-state index is -0.346. The highest BCUT2D eigenvalue weighted by molar-refractivity contribution is 5.53. The number of hydrogen-bond acceptors (Lipinski definition) is 3. The molecule has 2 atom stereocenters. The van der Waals surface area contributed by atoms with Crippen molar-refractivity contribution in [2.75, 3.05) is 5.32 Å². The molecule has 1 aromatic carbocycles. The third kappa shape index (κ3) is 4.02. The molecule has 1 aromatic rings. The Morgan fingerprint density at radius 1 is 1.39 bits per heavy atom. The molecule has 4 heteroatoms. The average molecular weight is 250 g/mol. The molecule has 0 radical (unpaired) electrons. The lowest BCUT2D eigenvalue weighted by molar-refractivity contribution is -0.385. The van der Waals surface area contributed by atoms with Crippen LogP contribution >= 0.6 is 0 Å². The van der Waals surface area contributed by atoms with Crippen molar-refractivity contribution in [2.24, 2.45) is 5.92 Å². The fourth-order valence-electron chi connectivity index (χ4n) is 2.06. The fraction of sp³-hybridized carbons (Fsp3) is 0.571. The van der Waals surface area contributed by atoms with E-state index >= 15 is 0 Å². The van der Waals surface area contributed by atoms with Crippen molar-refractivity contribution >= 4 is 11.4 Å². The second-order valence-electron chi connectivity index (χ2n) is 5.05. The van der Waals surface area contributed by atoms with Gasteiger partial charge in [-0.2, -0.15) is 0 Å². The topological polar surface area (TPSA) is 55.2 Å². The summed E-state index contributed by atoms with van der Waals surface area (Å²) in [5.41, 5.74) is 1.82. The summed E-state index contributed by atoms with van der Waals surface area (Å²) < 4.78 is 0. The predicted molar refractivity (Wildman–Crippen MR) is 75.0 cm³/mol. The molecule has 1 N–H and O–H groups in total. The maximum Gasteiger partial charge on any atom is 0.272 e. The highest BCUT2D eigenvalue weighted by Crippen LogP contribution is 2.23. The Labute approximate surface area is 109 Å². The second-order valence-corrected chi connectivity index (χ2v) is 5.05. The number of benzene rings is 1. The molecule has 0 aliphatic rings. The summed E-state index contributed by atoms with van der Waals surface area (Å²) in [5, 5.41) is 14.1. The fourth-order valence-corrected chi connectivity index (χ4v) is 2.06. The van der Waals surface area contributed by atoms with Crippen molar-refractivity contribution in [3.8, 4) is 0 Å². The van der Waals surface area contributed by atoms with Gasteiger partial charge in [-0.05, 0) is 38.3 Å². The third-order valence-electron chi connectivity index (χ3n) is 3.26. The highest BCUT2D eigenvalue weighted by atomic mass is 16.6. The Hall–Kier alpha value is -1.58. The Morgan fingerprint density at radius 2 is 2.06 bits per heavy atom. The Bertz CT molecular complexity index is 418. The molecule has 1 rings (SSSR count). The van der Waals surface area contributed by atoms with Crippen molar-refractivity contribution in [1.82, 2.24) is 0 Å². The number of nitrogens with one attached hydrogen (secondary N) is 1. The Balaban J connectivity index is 2.68. The van der Waals surface area contributed by atoms with E-state index in [2.05, 4.69) is 26.1 Å². The minimum absolute atomic E-state index is 0.176. The first-order chi connectivity index (χ1) is 8.43. The van der Waals surface area contributed by atoms with Crippen molar-refractivity contribution < 1.29 is 4.92 Å². The quantitative estimate of drug-likeness (QED) is 0.609. The number of anilines is 1. The zero-order valence-electron chi connectivity index (χ0n) is 11.6. The van der Waals surface area contributed by atoms with Gasteiger partial charge in [0.05, 0.1) is 4.92 Å². The van der Waals surface area contributed by atoms with E-state index in [9.17, 15) is 10.1 Å². The molecule has 0 heterocycles. The Morgan fingerprint density at radius 3 is 2.56 bits per heavy atom. The Kier molecular flexibility index (Phi) is 5.13. The number of nitrogens with zero attached hydrogens (tertiary/aromatic N) is 1. The van der Waals surface area contributed by atoms with Gasteiger partial charge < -0.3 is 5.32 Å². The molecule has 0 amide bonds. The van der Waals surface area contributed by atoms with Gasteiger partial charge in [0.2, 0.25) is 0 Å². The predicted octanol–water partition coefficient (Wildman–Crippen LogP) is 4.14. The molecule has 0 fully saturated rings. The second kappa shape index (κ2) is 6.38. The molecule has 0 saturated carbocycles. The van der Waals surface area contributed by atoms with Crippen molar-refractivity contribution in [3.63, 3.8) is 0 Å². The van der Waals surface area contributed by atoms with Crippen LogP contribution in [0.5, 0.6) is 0 Å². The smallest absolute Gasteiger partial charge is 0.272 e.